The predicted octanol–water partition coefficient (Wildman–Crippen LogP) is 5.44. The number of para-hydroxylation sites is 1. The fourth-order valence-corrected chi connectivity index (χ4v) is 2.73. The van der Waals surface area contributed by atoms with Crippen molar-refractivity contribution in [3.63, 3.8) is 0 Å². The van der Waals surface area contributed by atoms with Crippen molar-refractivity contribution in [2.45, 2.75) is 13.0 Å². The lowest BCUT2D eigenvalue weighted by molar-refractivity contribution is -0.123. The molecular formula is C20H15Cl2NO4. The largest absolute Gasteiger partial charge is 0.449 e. The molecule has 0 radical (unpaired) electrons. The molecule has 0 fully saturated rings. The lowest BCUT2D eigenvalue weighted by Crippen LogP contribution is -2.30. The third kappa shape index (κ3) is 4.51. The Hall–Kier alpha value is -2.76. The van der Waals surface area contributed by atoms with Crippen LogP contribution in [-0.2, 0) is 9.53 Å². The second-order valence-corrected chi connectivity index (χ2v) is 6.47. The minimum atomic E-state index is -1.04. The van der Waals surface area contributed by atoms with Crippen LogP contribution in [0.3, 0.4) is 0 Å². The molecule has 1 atom stereocenters. The Balaban J connectivity index is 1.66. The van der Waals surface area contributed by atoms with Crippen LogP contribution in [0.4, 0.5) is 5.69 Å². The van der Waals surface area contributed by atoms with Gasteiger partial charge in [-0.05, 0) is 43.3 Å². The minimum Gasteiger partial charge on any atom is -0.449 e. The number of amides is 1. The quantitative estimate of drug-likeness (QED) is 0.576. The van der Waals surface area contributed by atoms with Crippen LogP contribution in [-0.4, -0.2) is 18.0 Å². The third-order valence-electron chi connectivity index (χ3n) is 3.73. The van der Waals surface area contributed by atoms with Crippen LogP contribution in [0.1, 0.15) is 17.5 Å². The standard InChI is InChI=1S/C20H15Cl2NO4/c1-12(19(24)23-16-9-5-4-8-15(16)22)26-20(25)18-11-10-17(27-18)13-6-2-3-7-14(13)21/h2-12H,1H3,(H,23,24)/t12-/m1/s1. The molecule has 5 nitrogen and oxygen atoms in total. The van der Waals surface area contributed by atoms with Crippen molar-refractivity contribution in [1.82, 2.24) is 0 Å². The van der Waals surface area contributed by atoms with Crippen molar-refractivity contribution >= 4 is 40.8 Å². The number of hydrogen-bond acceptors (Lipinski definition) is 4. The van der Waals surface area contributed by atoms with Gasteiger partial charge in [-0.2, -0.15) is 0 Å². The highest BCUT2D eigenvalue weighted by atomic mass is 35.5. The molecule has 1 amide bonds. The van der Waals surface area contributed by atoms with Crippen molar-refractivity contribution < 1.29 is 18.7 Å². The van der Waals surface area contributed by atoms with E-state index < -0.39 is 18.0 Å². The second kappa shape index (κ2) is 8.29. The first-order valence-corrected chi connectivity index (χ1v) is 8.82. The number of anilines is 1. The molecule has 1 heterocycles. The topological polar surface area (TPSA) is 68.5 Å². The highest BCUT2D eigenvalue weighted by molar-refractivity contribution is 6.33. The van der Waals surface area contributed by atoms with Gasteiger partial charge in [0.05, 0.1) is 15.7 Å². The number of rotatable bonds is 5. The molecule has 0 saturated heterocycles. The maximum atomic E-state index is 12.3. The number of halogens is 2. The smallest absolute Gasteiger partial charge is 0.375 e. The van der Waals surface area contributed by atoms with E-state index in [1.54, 1.807) is 48.5 Å². The monoisotopic (exact) mass is 403 g/mol. The van der Waals surface area contributed by atoms with E-state index in [-0.39, 0.29) is 5.76 Å². The molecule has 0 saturated carbocycles. The normalized spacial score (nSPS) is 11.7. The number of esters is 1. The molecule has 7 heteroatoms. The fraction of sp³-hybridized carbons (Fsp3) is 0.100. The first-order valence-electron chi connectivity index (χ1n) is 8.07. The third-order valence-corrected chi connectivity index (χ3v) is 4.39. The number of ether oxygens (including phenoxy) is 1. The molecule has 3 aromatic rings. The predicted molar refractivity (Wildman–Crippen MR) is 104 cm³/mol. The Kier molecular flexibility index (Phi) is 5.84. The van der Waals surface area contributed by atoms with Gasteiger partial charge in [0.2, 0.25) is 5.76 Å². The Morgan fingerprint density at radius 1 is 0.963 bits per heavy atom. The van der Waals surface area contributed by atoms with E-state index in [0.29, 0.717) is 27.1 Å². The average Bonchev–Trinajstić information content (AvgIpc) is 3.14. The number of carbonyl (C=O) groups excluding carboxylic acids is 2. The van der Waals surface area contributed by atoms with Gasteiger partial charge in [0.25, 0.3) is 5.91 Å². The van der Waals surface area contributed by atoms with Gasteiger partial charge in [0.1, 0.15) is 5.76 Å². The van der Waals surface area contributed by atoms with E-state index in [4.69, 9.17) is 32.4 Å². The number of benzene rings is 2. The number of hydrogen-bond donors (Lipinski definition) is 1. The summed E-state index contributed by atoms with van der Waals surface area (Å²) in [4.78, 5) is 24.5. The summed E-state index contributed by atoms with van der Waals surface area (Å²) < 4.78 is 10.7. The molecule has 1 aromatic heterocycles. The zero-order chi connectivity index (χ0) is 19.4. The van der Waals surface area contributed by atoms with Crippen molar-refractivity contribution in [2.75, 3.05) is 5.32 Å². The van der Waals surface area contributed by atoms with E-state index in [0.717, 1.165) is 0 Å². The van der Waals surface area contributed by atoms with Crippen molar-refractivity contribution in [3.05, 3.63) is 76.5 Å². The zero-order valence-corrected chi connectivity index (χ0v) is 15.8. The Bertz CT molecular complexity index is 983. The maximum absolute atomic E-state index is 12.3. The summed E-state index contributed by atoms with van der Waals surface area (Å²) in [5.74, 6) is -0.854. The highest BCUT2D eigenvalue weighted by Gasteiger charge is 2.22. The SMILES string of the molecule is C[C@@H](OC(=O)c1ccc(-c2ccccc2Cl)o1)C(=O)Nc1ccccc1Cl. The van der Waals surface area contributed by atoms with Crippen LogP contribution in [0.25, 0.3) is 11.3 Å². The summed E-state index contributed by atoms with van der Waals surface area (Å²) in [5.41, 5.74) is 1.09. The van der Waals surface area contributed by atoms with E-state index in [1.165, 1.54) is 13.0 Å². The molecule has 0 aliphatic rings. The fourth-order valence-electron chi connectivity index (χ4n) is 2.32. The summed E-state index contributed by atoms with van der Waals surface area (Å²) >= 11 is 12.1. The van der Waals surface area contributed by atoms with Crippen LogP contribution in [0.5, 0.6) is 0 Å². The van der Waals surface area contributed by atoms with Crippen LogP contribution in [0.15, 0.2) is 65.1 Å². The molecule has 2 aromatic carbocycles. The number of nitrogens with one attached hydrogen (secondary N) is 1. The van der Waals surface area contributed by atoms with Gasteiger partial charge in [-0.3, -0.25) is 4.79 Å². The Labute approximate surface area is 165 Å². The molecule has 0 bridgehead atoms. The van der Waals surface area contributed by atoms with Crippen LogP contribution < -0.4 is 5.32 Å². The van der Waals surface area contributed by atoms with E-state index in [1.807, 2.05) is 6.07 Å². The lowest BCUT2D eigenvalue weighted by Gasteiger charge is -2.13. The number of furan rings is 1. The summed E-state index contributed by atoms with van der Waals surface area (Å²) in [5, 5.41) is 3.50. The maximum Gasteiger partial charge on any atom is 0.375 e. The molecule has 1 N–H and O–H groups in total. The van der Waals surface area contributed by atoms with Gasteiger partial charge in [-0.1, -0.05) is 47.5 Å². The van der Waals surface area contributed by atoms with Crippen molar-refractivity contribution in [1.29, 1.82) is 0 Å². The zero-order valence-electron chi connectivity index (χ0n) is 14.2. The Morgan fingerprint density at radius 2 is 1.63 bits per heavy atom. The van der Waals surface area contributed by atoms with Gasteiger partial charge in [0.15, 0.2) is 6.10 Å². The molecule has 0 aliphatic heterocycles. The molecule has 3 rings (SSSR count). The molecule has 0 unspecified atom stereocenters. The summed E-state index contributed by atoms with van der Waals surface area (Å²) in [6.07, 6.45) is -1.04. The van der Waals surface area contributed by atoms with Crippen LogP contribution >= 0.6 is 23.2 Å². The van der Waals surface area contributed by atoms with E-state index >= 15 is 0 Å². The summed E-state index contributed by atoms with van der Waals surface area (Å²) in [6, 6.07) is 17.0. The van der Waals surface area contributed by atoms with Gasteiger partial charge >= 0.3 is 5.97 Å². The highest BCUT2D eigenvalue weighted by Crippen LogP contribution is 2.29. The van der Waals surface area contributed by atoms with E-state index in [9.17, 15) is 9.59 Å². The van der Waals surface area contributed by atoms with Gasteiger partial charge in [0, 0.05) is 5.56 Å². The molecule has 0 spiro atoms. The van der Waals surface area contributed by atoms with Gasteiger partial charge < -0.3 is 14.5 Å². The van der Waals surface area contributed by atoms with Crippen LogP contribution in [0.2, 0.25) is 10.0 Å². The second-order valence-electron chi connectivity index (χ2n) is 5.66. The Morgan fingerprint density at radius 3 is 2.33 bits per heavy atom. The average molecular weight is 404 g/mol. The first-order chi connectivity index (χ1) is 13.0. The summed E-state index contributed by atoms with van der Waals surface area (Å²) in [6.45, 7) is 1.46. The lowest BCUT2D eigenvalue weighted by atomic mass is 10.2. The summed E-state index contributed by atoms with van der Waals surface area (Å²) in [7, 11) is 0. The molecule has 0 aliphatic carbocycles. The van der Waals surface area contributed by atoms with Crippen molar-refractivity contribution in [2.24, 2.45) is 0 Å². The van der Waals surface area contributed by atoms with E-state index in [2.05, 4.69) is 5.32 Å². The van der Waals surface area contributed by atoms with Crippen molar-refractivity contribution in [3.8, 4) is 11.3 Å². The molecular weight excluding hydrogens is 389 g/mol. The first kappa shape index (κ1) is 19.0. The number of carbonyl (C=O) groups is 2. The van der Waals surface area contributed by atoms with Gasteiger partial charge in [-0.25, -0.2) is 4.79 Å². The molecule has 27 heavy (non-hydrogen) atoms. The minimum absolute atomic E-state index is 0.0256. The molecule has 138 valence electrons. The van der Waals surface area contributed by atoms with Gasteiger partial charge in [-0.15, -0.1) is 0 Å². The van der Waals surface area contributed by atoms with Crippen LogP contribution in [0, 0.1) is 0 Å².